The largest absolute Gasteiger partial charge is 1.00 e. The van der Waals surface area contributed by atoms with Crippen LogP contribution in [0.1, 0.15) is 86.0 Å². The minimum absolute atomic E-state index is 0. The molecule has 0 unspecified atom stereocenters. The minimum atomic E-state index is -1.99. The molecule has 214 valence electrons. The third kappa shape index (κ3) is 7.78. The lowest BCUT2D eigenvalue weighted by atomic mass is 9.87. The lowest BCUT2D eigenvalue weighted by Crippen LogP contribution is -3.00. The molecule has 0 amide bonds. The summed E-state index contributed by atoms with van der Waals surface area (Å²) in [6, 6.07) is 39.8. The molecule has 0 aliphatic carbocycles. The Bertz CT molecular complexity index is 1200. The van der Waals surface area contributed by atoms with Crippen LogP contribution in [-0.4, -0.2) is 0 Å². The van der Waals surface area contributed by atoms with E-state index in [1.807, 2.05) is 0 Å². The van der Waals surface area contributed by atoms with Crippen LogP contribution in [0.5, 0.6) is 0 Å². The highest BCUT2D eigenvalue weighted by Crippen LogP contribution is 2.58. The Morgan fingerprint density at radius 2 is 0.700 bits per heavy atom. The molecule has 0 saturated carbocycles. The highest BCUT2D eigenvalue weighted by molar-refractivity contribution is 7.95. The summed E-state index contributed by atoms with van der Waals surface area (Å²) >= 11 is 0. The van der Waals surface area contributed by atoms with Gasteiger partial charge in [0.05, 0.1) is 6.16 Å². The number of rotatable bonds is 5. The summed E-state index contributed by atoms with van der Waals surface area (Å²) in [7, 11) is -1.99. The van der Waals surface area contributed by atoms with E-state index in [-0.39, 0.29) is 65.6 Å². The maximum Gasteiger partial charge on any atom is 1.00 e. The average molecular weight is 777 g/mol. The molecule has 0 spiro atoms. The normalized spacial score (nSPS) is 12.3. The summed E-state index contributed by atoms with van der Waals surface area (Å²) in [4.78, 5) is 0. The fraction of sp³-hybridized carbons (Fsp3) is 0.351. The zero-order valence-corrected chi connectivity index (χ0v) is 30.9. The van der Waals surface area contributed by atoms with Gasteiger partial charge in [0, 0.05) is 0 Å². The predicted octanol–water partition coefficient (Wildman–Crippen LogP) is 3.19. The van der Waals surface area contributed by atoms with E-state index >= 15 is 0 Å². The van der Waals surface area contributed by atoms with Crippen LogP contribution in [0.4, 0.5) is 0 Å². The molecule has 0 bridgehead atoms. The van der Waals surface area contributed by atoms with Crippen LogP contribution < -0.4 is 63.9 Å². The lowest BCUT2D eigenvalue weighted by Gasteiger charge is -2.30. The van der Waals surface area contributed by atoms with Crippen LogP contribution >= 0.6 is 7.26 Å². The second-order valence-corrected chi connectivity index (χ2v) is 17.3. The maximum absolute atomic E-state index is 2.42. The van der Waals surface area contributed by atoms with Crippen molar-refractivity contribution >= 4 is 23.2 Å². The van der Waals surface area contributed by atoms with E-state index in [1.165, 1.54) is 38.2 Å². The van der Waals surface area contributed by atoms with Crippen molar-refractivity contribution < 1.29 is 49.4 Å². The third-order valence-electron chi connectivity index (χ3n) is 7.78. The van der Waals surface area contributed by atoms with Crippen LogP contribution in [0.15, 0.2) is 103 Å². The Labute approximate surface area is 280 Å². The molecule has 0 radical (unpaired) electrons. The van der Waals surface area contributed by atoms with Crippen LogP contribution in [0.3, 0.4) is 0 Å². The van der Waals surface area contributed by atoms with Crippen LogP contribution in [0.2, 0.25) is 0 Å². The summed E-state index contributed by atoms with van der Waals surface area (Å²) < 4.78 is 0. The molecule has 3 heteroatoms. The molecule has 0 atom stereocenters. The van der Waals surface area contributed by atoms with Gasteiger partial charge < -0.3 is 48.0 Å². The van der Waals surface area contributed by atoms with Crippen molar-refractivity contribution in [2.75, 3.05) is 0 Å². The van der Waals surface area contributed by atoms with Gasteiger partial charge in [0.25, 0.3) is 0 Å². The van der Waals surface area contributed by atoms with Crippen molar-refractivity contribution in [1.29, 1.82) is 0 Å². The van der Waals surface area contributed by atoms with Gasteiger partial charge in [0.1, 0.15) is 23.2 Å². The van der Waals surface area contributed by atoms with E-state index in [0.29, 0.717) is 0 Å². The quantitative estimate of drug-likeness (QED) is 0.216. The average Bonchev–Trinajstić information content (AvgIpc) is 2.87. The first-order valence-electron chi connectivity index (χ1n) is 14.0. The first kappa shape index (κ1) is 35.0. The van der Waals surface area contributed by atoms with Gasteiger partial charge in [-0.2, -0.15) is 0 Å². The Morgan fingerprint density at radius 1 is 0.425 bits per heavy atom. The molecule has 0 fully saturated rings. The maximum atomic E-state index is 2.42. The van der Waals surface area contributed by atoms with Gasteiger partial charge in [0.15, 0.2) is 0 Å². The Kier molecular flexibility index (Phi) is 11.7. The molecule has 0 aromatic heterocycles. The second kappa shape index (κ2) is 13.4. The molecule has 4 aromatic rings. The molecular weight excluding hydrogens is 729 g/mol. The summed E-state index contributed by atoms with van der Waals surface area (Å²) in [5.41, 5.74) is 5.91. The first-order chi connectivity index (χ1) is 17.7. The summed E-state index contributed by atoms with van der Waals surface area (Å²) in [5.74, 6) is 0. The zero-order valence-electron chi connectivity index (χ0n) is 26.7. The van der Waals surface area contributed by atoms with Gasteiger partial charge in [-0.05, 0) is 74.9 Å². The lowest BCUT2D eigenvalue weighted by molar-refractivity contribution is -0.001000. The fourth-order valence-corrected chi connectivity index (χ4v) is 9.40. The smallest absolute Gasteiger partial charge is 1.00 e. The Morgan fingerprint density at radius 3 is 0.950 bits per heavy atom. The van der Waals surface area contributed by atoms with Crippen molar-refractivity contribution in [3.8, 4) is 0 Å². The van der Waals surface area contributed by atoms with E-state index in [9.17, 15) is 0 Å². The Balaban J connectivity index is 0.00000280. The van der Waals surface area contributed by atoms with Crippen molar-refractivity contribution in [2.24, 2.45) is 0 Å². The van der Waals surface area contributed by atoms with Gasteiger partial charge in [-0.1, -0.05) is 129 Å². The zero-order chi connectivity index (χ0) is 27.8. The molecule has 4 rings (SSSR count). The molecule has 0 saturated heterocycles. The van der Waals surface area contributed by atoms with Crippen LogP contribution in [0, 0.1) is 0 Å². The molecule has 0 nitrogen and oxygen atoms in total. The van der Waals surface area contributed by atoms with Gasteiger partial charge in [-0.3, -0.25) is 0 Å². The summed E-state index contributed by atoms with van der Waals surface area (Å²) in [6.07, 6.45) is 1.01. The fourth-order valence-electron chi connectivity index (χ4n) is 5.23. The monoisotopic (exact) mass is 776 g/mol. The number of benzene rings is 4. The van der Waals surface area contributed by atoms with Crippen molar-refractivity contribution in [3.05, 3.63) is 125 Å². The topological polar surface area (TPSA) is 0 Å². The molecule has 0 aliphatic rings. The summed E-state index contributed by atoms with van der Waals surface area (Å²) in [5, 5.41) is 4.34. The Hall–Kier alpha value is -1.23. The molecule has 0 aliphatic heterocycles. The molecule has 40 heavy (non-hydrogen) atoms. The highest BCUT2D eigenvalue weighted by Gasteiger charge is 2.46. The highest BCUT2D eigenvalue weighted by atomic mass is 127. The van der Waals surface area contributed by atoms with E-state index in [2.05, 4.69) is 165 Å². The van der Waals surface area contributed by atoms with E-state index in [0.717, 1.165) is 6.16 Å². The van der Waals surface area contributed by atoms with E-state index in [4.69, 9.17) is 0 Å². The van der Waals surface area contributed by atoms with Crippen molar-refractivity contribution in [2.45, 2.75) is 84.7 Å². The standard InChI is InChI=1S/C37H46P.2HI/c1-35(2,3)29-15-21-32(22-16-29)38(27-28-13-11-10-12-14-28,33-23-17-30(18-24-33)36(4,5)6)34-25-19-31(20-26-34)37(7,8)9;;/h10-26H,27H2,1-9H3;2*1H/q+1;;/p-1. The van der Waals surface area contributed by atoms with Crippen LogP contribution in [0.25, 0.3) is 0 Å². The number of hydrogen-bond donors (Lipinski definition) is 0. The predicted molar refractivity (Wildman–Crippen MR) is 173 cm³/mol. The van der Waals surface area contributed by atoms with Crippen molar-refractivity contribution in [3.63, 3.8) is 0 Å². The van der Waals surface area contributed by atoms with Gasteiger partial charge in [0.2, 0.25) is 0 Å². The van der Waals surface area contributed by atoms with E-state index < -0.39 is 7.26 Å². The summed E-state index contributed by atoms with van der Waals surface area (Å²) in [6.45, 7) is 20.7. The van der Waals surface area contributed by atoms with Gasteiger partial charge in [-0.15, -0.1) is 0 Å². The first-order valence-corrected chi connectivity index (χ1v) is 15.9. The van der Waals surface area contributed by atoms with Crippen LogP contribution in [-0.2, 0) is 22.4 Å². The second-order valence-electron chi connectivity index (χ2n) is 13.8. The van der Waals surface area contributed by atoms with Gasteiger partial charge >= 0.3 is 1.43 Å². The number of halogens is 2. The SMILES string of the molecule is CC(C)(C)c1ccc([P+](Cc2ccccc2)(c2ccc(C(C)(C)C)cc2)c2ccc(C(C)(C)C)cc2)cc1.[H+].[I-].[I-]. The number of hydrogen-bond acceptors (Lipinski definition) is 0. The molecule has 0 N–H and O–H groups in total. The minimum Gasteiger partial charge on any atom is -1.00 e. The van der Waals surface area contributed by atoms with Gasteiger partial charge in [-0.25, -0.2) is 0 Å². The van der Waals surface area contributed by atoms with Crippen molar-refractivity contribution in [1.82, 2.24) is 0 Å². The molecule has 0 heterocycles. The molecule has 4 aromatic carbocycles. The van der Waals surface area contributed by atoms with E-state index in [1.54, 1.807) is 0 Å². The molecular formula is C37H47I2P. The third-order valence-corrected chi connectivity index (χ3v) is 12.2.